The van der Waals surface area contributed by atoms with Crippen LogP contribution in [0.4, 0.5) is 11.5 Å². The van der Waals surface area contributed by atoms with Crippen LogP contribution in [0.15, 0.2) is 35.1 Å². The van der Waals surface area contributed by atoms with E-state index < -0.39 is 10.0 Å². The zero-order valence-electron chi connectivity index (χ0n) is 12.6. The van der Waals surface area contributed by atoms with Gasteiger partial charge in [0, 0.05) is 17.8 Å². The number of halogens is 2. The molecule has 2 heterocycles. The van der Waals surface area contributed by atoms with E-state index in [0.717, 1.165) is 6.26 Å². The summed E-state index contributed by atoms with van der Waals surface area (Å²) >= 11 is 9.16. The molecule has 0 spiro atoms. The Bertz CT molecular complexity index is 1040. The highest BCUT2D eigenvalue weighted by atomic mass is 79.9. The highest BCUT2D eigenvalue weighted by Gasteiger charge is 2.17. The number of ether oxygens (including phenoxy) is 1. The molecular formula is C14H12BrClN4O3S. The second-order valence-electron chi connectivity index (χ2n) is 4.91. The van der Waals surface area contributed by atoms with Crippen molar-refractivity contribution in [2.45, 2.75) is 0 Å². The van der Waals surface area contributed by atoms with Crippen LogP contribution < -0.4 is 10.1 Å². The summed E-state index contributed by atoms with van der Waals surface area (Å²) in [6.45, 7) is 0. The second-order valence-corrected chi connectivity index (χ2v) is 7.96. The van der Waals surface area contributed by atoms with Crippen LogP contribution in [0, 0.1) is 0 Å². The molecule has 0 bridgehead atoms. The quantitative estimate of drug-likeness (QED) is 0.637. The number of hydrogen-bond donors (Lipinski definition) is 1. The van der Waals surface area contributed by atoms with Gasteiger partial charge in [-0.3, -0.25) is 0 Å². The van der Waals surface area contributed by atoms with Crippen LogP contribution in [0.1, 0.15) is 0 Å². The van der Waals surface area contributed by atoms with Gasteiger partial charge in [0.25, 0.3) is 0 Å². The number of nitrogens with zero attached hydrogens (tertiary/aromatic N) is 3. The Morgan fingerprint density at radius 3 is 2.75 bits per heavy atom. The Kier molecular flexibility index (Phi) is 4.41. The summed E-state index contributed by atoms with van der Waals surface area (Å²) in [6.07, 6.45) is 4.12. The van der Waals surface area contributed by atoms with Crippen molar-refractivity contribution in [3.63, 3.8) is 0 Å². The first kappa shape index (κ1) is 17.0. The van der Waals surface area contributed by atoms with Crippen molar-refractivity contribution >= 4 is 60.0 Å². The molecule has 0 saturated heterocycles. The monoisotopic (exact) mass is 430 g/mol. The first-order valence-electron chi connectivity index (χ1n) is 6.65. The fraction of sp³-hybridized carbons (Fsp3) is 0.143. The van der Waals surface area contributed by atoms with Gasteiger partial charge >= 0.3 is 0 Å². The maximum Gasteiger partial charge on any atom is 0.236 e. The van der Waals surface area contributed by atoms with E-state index in [1.54, 1.807) is 18.2 Å². The fourth-order valence-electron chi connectivity index (χ4n) is 2.32. The van der Waals surface area contributed by atoms with Gasteiger partial charge in [0.15, 0.2) is 0 Å². The van der Waals surface area contributed by atoms with Gasteiger partial charge in [-0.25, -0.2) is 17.4 Å². The molecule has 1 aromatic carbocycles. The number of anilines is 2. The molecule has 0 saturated carbocycles. The lowest BCUT2D eigenvalue weighted by Crippen LogP contribution is -2.09. The smallest absolute Gasteiger partial charge is 0.236 e. The molecule has 1 N–H and O–H groups in total. The summed E-state index contributed by atoms with van der Waals surface area (Å²) in [5.74, 6) is 0.987. The van der Waals surface area contributed by atoms with E-state index in [-0.39, 0.29) is 5.28 Å². The highest BCUT2D eigenvalue weighted by molar-refractivity contribution is 9.10. The molecule has 0 fully saturated rings. The highest BCUT2D eigenvalue weighted by Crippen LogP contribution is 2.35. The maximum atomic E-state index is 12.1. The Labute approximate surface area is 151 Å². The summed E-state index contributed by atoms with van der Waals surface area (Å²) in [7, 11) is -1.97. The standard InChI is InChI=1S/C14H12BrClN4O3S/c1-23-11-4-3-10(18-13-9(15)7-17-14(16)19-13)12-8(11)5-6-20(12)24(2,21)22/h3-7H,1-2H3,(H,17,18,19). The van der Waals surface area contributed by atoms with Crippen LogP contribution >= 0.6 is 27.5 Å². The molecule has 24 heavy (non-hydrogen) atoms. The van der Waals surface area contributed by atoms with E-state index in [1.165, 1.54) is 23.5 Å². The Morgan fingerprint density at radius 1 is 1.33 bits per heavy atom. The number of benzene rings is 1. The predicted octanol–water partition coefficient (Wildman–Crippen LogP) is 3.41. The van der Waals surface area contributed by atoms with Crippen LogP contribution in [0.2, 0.25) is 5.28 Å². The molecule has 0 amide bonds. The molecule has 0 aliphatic heterocycles. The van der Waals surface area contributed by atoms with Crippen LogP contribution in [-0.2, 0) is 10.0 Å². The van der Waals surface area contributed by atoms with Crippen molar-refractivity contribution in [2.24, 2.45) is 0 Å². The minimum atomic E-state index is -3.49. The van der Waals surface area contributed by atoms with Crippen LogP contribution in [-0.4, -0.2) is 35.7 Å². The van der Waals surface area contributed by atoms with Crippen molar-refractivity contribution in [1.29, 1.82) is 0 Å². The zero-order chi connectivity index (χ0) is 17.5. The van der Waals surface area contributed by atoms with Crippen molar-refractivity contribution in [2.75, 3.05) is 18.7 Å². The van der Waals surface area contributed by atoms with E-state index in [0.29, 0.717) is 32.6 Å². The van der Waals surface area contributed by atoms with Gasteiger partial charge in [-0.05, 0) is 45.7 Å². The number of aromatic nitrogens is 3. The lowest BCUT2D eigenvalue weighted by molar-refractivity contribution is 0.420. The average Bonchev–Trinajstić information content (AvgIpc) is 2.97. The molecule has 0 unspecified atom stereocenters. The van der Waals surface area contributed by atoms with E-state index in [1.807, 2.05) is 0 Å². The average molecular weight is 432 g/mol. The van der Waals surface area contributed by atoms with E-state index >= 15 is 0 Å². The SMILES string of the molecule is COc1ccc(Nc2nc(Cl)ncc2Br)c2c1ccn2S(C)(=O)=O. The van der Waals surface area contributed by atoms with Crippen molar-refractivity contribution in [1.82, 2.24) is 13.9 Å². The molecule has 0 radical (unpaired) electrons. The van der Waals surface area contributed by atoms with Crippen LogP contribution in [0.5, 0.6) is 5.75 Å². The van der Waals surface area contributed by atoms with Crippen molar-refractivity contribution in [3.05, 3.63) is 40.3 Å². The van der Waals surface area contributed by atoms with Crippen LogP contribution in [0.3, 0.4) is 0 Å². The van der Waals surface area contributed by atoms with Gasteiger partial charge < -0.3 is 10.1 Å². The summed E-state index contributed by atoms with van der Waals surface area (Å²) in [5.41, 5.74) is 0.996. The third-order valence-corrected chi connectivity index (χ3v) is 5.10. The molecule has 7 nitrogen and oxygen atoms in total. The molecule has 10 heteroatoms. The summed E-state index contributed by atoms with van der Waals surface area (Å²) < 4.78 is 31.2. The van der Waals surface area contributed by atoms with Gasteiger partial charge in [0.05, 0.1) is 29.0 Å². The van der Waals surface area contributed by atoms with Crippen molar-refractivity contribution < 1.29 is 13.2 Å². The summed E-state index contributed by atoms with van der Waals surface area (Å²) in [5, 5.41) is 3.81. The minimum absolute atomic E-state index is 0.0731. The molecule has 126 valence electrons. The molecule has 3 aromatic rings. The molecule has 2 aromatic heterocycles. The first-order chi connectivity index (χ1) is 11.3. The second kappa shape index (κ2) is 6.23. The minimum Gasteiger partial charge on any atom is -0.496 e. The lowest BCUT2D eigenvalue weighted by atomic mass is 10.2. The van der Waals surface area contributed by atoms with E-state index in [4.69, 9.17) is 16.3 Å². The van der Waals surface area contributed by atoms with Gasteiger partial charge in [-0.15, -0.1) is 0 Å². The Hall–Kier alpha value is -1.84. The van der Waals surface area contributed by atoms with Gasteiger partial charge in [0.1, 0.15) is 11.6 Å². The summed E-state index contributed by atoms with van der Waals surface area (Å²) in [4.78, 5) is 7.96. The van der Waals surface area contributed by atoms with Crippen LogP contribution in [0.25, 0.3) is 10.9 Å². The number of fused-ring (bicyclic) bond motifs is 1. The van der Waals surface area contributed by atoms with Gasteiger partial charge in [0.2, 0.25) is 15.3 Å². The van der Waals surface area contributed by atoms with Crippen molar-refractivity contribution in [3.8, 4) is 5.75 Å². The molecule has 0 aliphatic carbocycles. The number of hydrogen-bond acceptors (Lipinski definition) is 6. The van der Waals surface area contributed by atoms with E-state index in [2.05, 4.69) is 31.2 Å². The Morgan fingerprint density at radius 2 is 2.08 bits per heavy atom. The lowest BCUT2D eigenvalue weighted by Gasteiger charge is -2.13. The topological polar surface area (TPSA) is 86.1 Å². The summed E-state index contributed by atoms with van der Waals surface area (Å²) in [6, 6.07) is 5.14. The predicted molar refractivity (Wildman–Crippen MR) is 96.8 cm³/mol. The largest absolute Gasteiger partial charge is 0.496 e. The van der Waals surface area contributed by atoms with Gasteiger partial charge in [-0.1, -0.05) is 0 Å². The number of methoxy groups -OCH3 is 1. The van der Waals surface area contributed by atoms with Gasteiger partial charge in [-0.2, -0.15) is 4.98 Å². The molecule has 0 atom stereocenters. The fourth-order valence-corrected chi connectivity index (χ4v) is 3.55. The normalized spacial score (nSPS) is 11.7. The number of rotatable bonds is 4. The molecular weight excluding hydrogens is 420 g/mol. The Balaban J connectivity index is 2.24. The van der Waals surface area contributed by atoms with E-state index in [9.17, 15) is 8.42 Å². The molecule has 0 aliphatic rings. The molecule has 3 rings (SSSR count). The zero-order valence-corrected chi connectivity index (χ0v) is 15.8. The first-order valence-corrected chi connectivity index (χ1v) is 9.67. The third kappa shape index (κ3) is 3.06. The maximum absolute atomic E-state index is 12.1. The number of nitrogens with one attached hydrogen (secondary N) is 1. The third-order valence-electron chi connectivity index (χ3n) is 3.32.